The molecule has 2 nitrogen and oxygen atoms in total. The Morgan fingerprint density at radius 3 is 2.47 bits per heavy atom. The highest BCUT2D eigenvalue weighted by molar-refractivity contribution is 7.80. The normalized spacial score (nSPS) is 10.2. The average Bonchev–Trinajstić information content (AvgIpc) is 2.40. The number of carbonyl (C=O) groups excluding carboxylic acids is 1. The summed E-state index contributed by atoms with van der Waals surface area (Å²) in [4.78, 5) is 12.7. The molecule has 19 heavy (non-hydrogen) atoms. The minimum absolute atomic E-state index is 0.0214. The molecule has 98 valence electrons. The maximum Gasteiger partial charge on any atom is 0.224 e. The van der Waals surface area contributed by atoms with Crippen LogP contribution in [0.15, 0.2) is 53.4 Å². The van der Waals surface area contributed by atoms with Gasteiger partial charge in [0, 0.05) is 16.5 Å². The summed E-state index contributed by atoms with van der Waals surface area (Å²) in [7, 11) is 0. The van der Waals surface area contributed by atoms with Crippen molar-refractivity contribution in [2.75, 3.05) is 0 Å². The van der Waals surface area contributed by atoms with Gasteiger partial charge < -0.3 is 5.32 Å². The smallest absolute Gasteiger partial charge is 0.224 e. The summed E-state index contributed by atoms with van der Waals surface area (Å²) >= 11 is 10.2. The molecule has 0 saturated heterocycles. The molecule has 0 spiro atoms. The largest absolute Gasteiger partial charge is 0.352 e. The van der Waals surface area contributed by atoms with Gasteiger partial charge in [0.25, 0.3) is 0 Å². The molecule has 2 aromatic carbocycles. The van der Waals surface area contributed by atoms with Gasteiger partial charge in [0.15, 0.2) is 0 Å². The van der Waals surface area contributed by atoms with E-state index in [1.807, 2.05) is 48.5 Å². The first-order chi connectivity index (χ1) is 9.15. The number of hydrogen-bond donors (Lipinski definition) is 2. The zero-order valence-corrected chi connectivity index (χ0v) is 11.9. The van der Waals surface area contributed by atoms with E-state index in [-0.39, 0.29) is 5.91 Å². The monoisotopic (exact) mass is 291 g/mol. The van der Waals surface area contributed by atoms with Crippen molar-refractivity contribution >= 4 is 30.1 Å². The van der Waals surface area contributed by atoms with Crippen LogP contribution in [0.2, 0.25) is 5.02 Å². The molecule has 0 radical (unpaired) electrons. The standard InChI is InChI=1S/C15H14ClNOS/c16-14-4-2-1-3-12(14)10-17-15(18)9-11-5-7-13(19)8-6-11/h1-8,19H,9-10H2,(H,17,18). The molecule has 0 aliphatic carbocycles. The van der Waals surface area contributed by atoms with Crippen LogP contribution in [0.5, 0.6) is 0 Å². The Hall–Kier alpha value is -1.45. The maximum atomic E-state index is 11.8. The molecular weight excluding hydrogens is 278 g/mol. The van der Waals surface area contributed by atoms with E-state index in [1.165, 1.54) is 0 Å². The van der Waals surface area contributed by atoms with Crippen molar-refractivity contribution in [2.24, 2.45) is 0 Å². The zero-order valence-electron chi connectivity index (χ0n) is 10.3. The average molecular weight is 292 g/mol. The highest BCUT2D eigenvalue weighted by atomic mass is 35.5. The molecule has 2 rings (SSSR count). The number of hydrogen-bond acceptors (Lipinski definition) is 2. The molecule has 0 heterocycles. The molecule has 0 aliphatic rings. The van der Waals surface area contributed by atoms with E-state index in [4.69, 9.17) is 11.6 Å². The molecule has 0 unspecified atom stereocenters. The van der Waals surface area contributed by atoms with Crippen molar-refractivity contribution in [2.45, 2.75) is 17.9 Å². The fourth-order valence-corrected chi connectivity index (χ4v) is 2.05. The quantitative estimate of drug-likeness (QED) is 0.830. The van der Waals surface area contributed by atoms with Crippen molar-refractivity contribution in [3.05, 3.63) is 64.7 Å². The zero-order chi connectivity index (χ0) is 13.7. The molecule has 4 heteroatoms. The second kappa shape index (κ2) is 6.64. The Bertz CT molecular complexity index is 569. The van der Waals surface area contributed by atoms with Gasteiger partial charge in [0.05, 0.1) is 6.42 Å². The molecule has 0 fully saturated rings. The third-order valence-corrected chi connectivity index (χ3v) is 3.40. The van der Waals surface area contributed by atoms with Crippen molar-refractivity contribution in [3.8, 4) is 0 Å². The highest BCUT2D eigenvalue weighted by Crippen LogP contribution is 2.14. The Labute approximate surface area is 123 Å². The molecule has 0 atom stereocenters. The van der Waals surface area contributed by atoms with Crippen LogP contribution in [0, 0.1) is 0 Å². The fourth-order valence-electron chi connectivity index (χ4n) is 1.70. The summed E-state index contributed by atoms with van der Waals surface area (Å²) in [6.45, 7) is 0.448. The van der Waals surface area contributed by atoms with Gasteiger partial charge in [0.2, 0.25) is 5.91 Å². The SMILES string of the molecule is O=C(Cc1ccc(S)cc1)NCc1ccccc1Cl. The third-order valence-electron chi connectivity index (χ3n) is 2.73. The van der Waals surface area contributed by atoms with Crippen LogP contribution in [0.25, 0.3) is 0 Å². The summed E-state index contributed by atoms with van der Waals surface area (Å²) in [6.07, 6.45) is 0.360. The van der Waals surface area contributed by atoms with Crippen molar-refractivity contribution < 1.29 is 4.79 Å². The van der Waals surface area contributed by atoms with Crippen molar-refractivity contribution in [1.29, 1.82) is 0 Å². The third kappa shape index (κ3) is 4.30. The number of thiol groups is 1. The van der Waals surface area contributed by atoms with Crippen LogP contribution in [-0.2, 0) is 17.8 Å². The second-order valence-corrected chi connectivity index (χ2v) is 5.13. The van der Waals surface area contributed by atoms with Gasteiger partial charge in [-0.25, -0.2) is 0 Å². The molecule has 1 amide bonds. The number of benzene rings is 2. The lowest BCUT2D eigenvalue weighted by Crippen LogP contribution is -2.24. The second-order valence-electron chi connectivity index (χ2n) is 4.21. The first-order valence-electron chi connectivity index (χ1n) is 5.93. The number of amides is 1. The van der Waals surface area contributed by atoms with Gasteiger partial charge in [-0.2, -0.15) is 0 Å². The van der Waals surface area contributed by atoms with Crippen LogP contribution in [0.3, 0.4) is 0 Å². The Morgan fingerprint density at radius 1 is 1.11 bits per heavy atom. The summed E-state index contributed by atoms with van der Waals surface area (Å²) < 4.78 is 0. The summed E-state index contributed by atoms with van der Waals surface area (Å²) in [6, 6.07) is 15.0. The maximum absolute atomic E-state index is 11.8. The number of halogens is 1. The lowest BCUT2D eigenvalue weighted by Gasteiger charge is -2.07. The minimum atomic E-state index is -0.0214. The molecule has 1 N–H and O–H groups in total. The highest BCUT2D eigenvalue weighted by Gasteiger charge is 2.04. The molecule has 0 aliphatic heterocycles. The lowest BCUT2D eigenvalue weighted by molar-refractivity contribution is -0.120. The van der Waals surface area contributed by atoms with Gasteiger partial charge in [0.1, 0.15) is 0 Å². The number of rotatable bonds is 4. The molecule has 0 aromatic heterocycles. The van der Waals surface area contributed by atoms with E-state index in [0.29, 0.717) is 18.0 Å². The van der Waals surface area contributed by atoms with Gasteiger partial charge in [-0.15, -0.1) is 12.6 Å². The van der Waals surface area contributed by atoms with Crippen LogP contribution < -0.4 is 5.32 Å². The Kier molecular flexibility index (Phi) is 4.88. The molecule has 2 aromatic rings. The fraction of sp³-hybridized carbons (Fsp3) is 0.133. The van der Waals surface area contributed by atoms with Crippen LogP contribution in [0.1, 0.15) is 11.1 Å². The first-order valence-corrected chi connectivity index (χ1v) is 6.75. The van der Waals surface area contributed by atoms with E-state index in [1.54, 1.807) is 0 Å². The molecular formula is C15H14ClNOS. The topological polar surface area (TPSA) is 29.1 Å². The number of nitrogens with one attached hydrogen (secondary N) is 1. The Morgan fingerprint density at radius 2 is 1.79 bits per heavy atom. The van der Waals surface area contributed by atoms with Gasteiger partial charge in [-0.1, -0.05) is 41.9 Å². The van der Waals surface area contributed by atoms with Gasteiger partial charge >= 0.3 is 0 Å². The summed E-state index contributed by atoms with van der Waals surface area (Å²) in [5.41, 5.74) is 1.89. The van der Waals surface area contributed by atoms with E-state index in [9.17, 15) is 4.79 Å². The van der Waals surface area contributed by atoms with Crippen LogP contribution in [-0.4, -0.2) is 5.91 Å². The van der Waals surface area contributed by atoms with Crippen molar-refractivity contribution in [1.82, 2.24) is 5.32 Å². The molecule has 0 saturated carbocycles. The van der Waals surface area contributed by atoms with Crippen LogP contribution >= 0.6 is 24.2 Å². The van der Waals surface area contributed by atoms with Crippen molar-refractivity contribution in [3.63, 3.8) is 0 Å². The first kappa shape index (κ1) is 14.0. The number of carbonyl (C=O) groups is 1. The molecule has 0 bridgehead atoms. The van der Waals surface area contributed by atoms with Gasteiger partial charge in [-0.3, -0.25) is 4.79 Å². The summed E-state index contributed by atoms with van der Waals surface area (Å²) in [5.74, 6) is -0.0214. The van der Waals surface area contributed by atoms with E-state index in [2.05, 4.69) is 17.9 Å². The van der Waals surface area contributed by atoms with Crippen LogP contribution in [0.4, 0.5) is 0 Å². The lowest BCUT2D eigenvalue weighted by atomic mass is 10.1. The van der Waals surface area contributed by atoms with E-state index >= 15 is 0 Å². The van der Waals surface area contributed by atoms with E-state index < -0.39 is 0 Å². The summed E-state index contributed by atoms with van der Waals surface area (Å²) in [5, 5.41) is 3.53. The predicted molar refractivity (Wildman–Crippen MR) is 80.7 cm³/mol. The predicted octanol–water partition coefficient (Wildman–Crippen LogP) is 3.49. The Balaban J connectivity index is 1.88. The van der Waals surface area contributed by atoms with E-state index in [0.717, 1.165) is 16.0 Å². The van der Waals surface area contributed by atoms with Gasteiger partial charge in [-0.05, 0) is 29.3 Å². The minimum Gasteiger partial charge on any atom is -0.352 e.